The molecule has 1 saturated heterocycles. The van der Waals surface area contributed by atoms with Gasteiger partial charge < -0.3 is 5.73 Å². The Bertz CT molecular complexity index is 465. The Morgan fingerprint density at radius 2 is 1.90 bits per heavy atom. The molecule has 1 atom stereocenters. The maximum atomic E-state index is 6.73. The van der Waals surface area contributed by atoms with Gasteiger partial charge in [0.2, 0.25) is 0 Å². The summed E-state index contributed by atoms with van der Waals surface area (Å²) < 4.78 is 0. The Morgan fingerprint density at radius 3 is 2.57 bits per heavy atom. The molecule has 0 aromatic carbocycles. The molecule has 3 nitrogen and oxygen atoms in total. The van der Waals surface area contributed by atoms with Gasteiger partial charge in [-0.3, -0.25) is 9.88 Å². The van der Waals surface area contributed by atoms with Crippen molar-refractivity contribution >= 4 is 11.6 Å². The van der Waals surface area contributed by atoms with Crippen LogP contribution in [0, 0.1) is 0 Å². The van der Waals surface area contributed by atoms with E-state index in [1.54, 1.807) is 6.20 Å². The molecule has 0 bridgehead atoms. The zero-order chi connectivity index (χ0) is 14.7. The van der Waals surface area contributed by atoms with E-state index in [9.17, 15) is 0 Å². The number of halogens is 1. The minimum atomic E-state index is 0.165. The van der Waals surface area contributed by atoms with Gasteiger partial charge in [0.05, 0.1) is 5.02 Å². The van der Waals surface area contributed by atoms with Crippen molar-refractivity contribution in [2.24, 2.45) is 5.73 Å². The van der Waals surface area contributed by atoms with Gasteiger partial charge in [-0.1, -0.05) is 30.9 Å². The number of piperidine rings is 1. The quantitative estimate of drug-likeness (QED) is 0.927. The van der Waals surface area contributed by atoms with E-state index in [1.165, 1.54) is 58.0 Å². The summed E-state index contributed by atoms with van der Waals surface area (Å²) in [5.41, 5.74) is 8.07. The van der Waals surface area contributed by atoms with Crippen molar-refractivity contribution in [1.82, 2.24) is 9.88 Å². The molecule has 0 amide bonds. The van der Waals surface area contributed by atoms with Crippen molar-refractivity contribution in [2.45, 2.75) is 62.9 Å². The van der Waals surface area contributed by atoms with E-state index in [2.05, 4.69) is 9.88 Å². The molecular weight excluding hydrogens is 282 g/mol. The van der Waals surface area contributed by atoms with Gasteiger partial charge in [0, 0.05) is 24.0 Å². The monoisotopic (exact) mass is 307 g/mol. The lowest BCUT2D eigenvalue weighted by atomic mass is 9.82. The first-order valence-electron chi connectivity index (χ1n) is 8.31. The van der Waals surface area contributed by atoms with Gasteiger partial charge in [-0.05, 0) is 56.8 Å². The zero-order valence-electron chi connectivity index (χ0n) is 12.7. The maximum absolute atomic E-state index is 6.73. The molecule has 1 aromatic rings. The zero-order valence-corrected chi connectivity index (χ0v) is 13.5. The van der Waals surface area contributed by atoms with E-state index >= 15 is 0 Å². The van der Waals surface area contributed by atoms with Crippen molar-refractivity contribution in [1.29, 1.82) is 0 Å². The van der Waals surface area contributed by atoms with Crippen LogP contribution in [0.4, 0.5) is 0 Å². The van der Waals surface area contributed by atoms with Crippen LogP contribution < -0.4 is 5.73 Å². The van der Waals surface area contributed by atoms with Crippen LogP contribution in [-0.2, 0) is 6.42 Å². The normalized spacial score (nSPS) is 24.1. The second kappa shape index (κ2) is 6.64. The Morgan fingerprint density at radius 1 is 1.19 bits per heavy atom. The fraction of sp³-hybridized carbons (Fsp3) is 0.706. The van der Waals surface area contributed by atoms with Crippen molar-refractivity contribution in [3.63, 3.8) is 0 Å². The van der Waals surface area contributed by atoms with Gasteiger partial charge in [-0.15, -0.1) is 0 Å². The van der Waals surface area contributed by atoms with Gasteiger partial charge in [0.15, 0.2) is 0 Å². The summed E-state index contributed by atoms with van der Waals surface area (Å²) in [6.07, 6.45) is 13.5. The number of nitrogens with zero attached hydrogens (tertiary/aromatic N) is 2. The third kappa shape index (κ3) is 3.10. The first-order chi connectivity index (χ1) is 10.2. The van der Waals surface area contributed by atoms with E-state index in [0.29, 0.717) is 0 Å². The first-order valence-corrected chi connectivity index (χ1v) is 8.69. The van der Waals surface area contributed by atoms with Gasteiger partial charge in [0.1, 0.15) is 0 Å². The predicted octanol–water partition coefficient (Wildman–Crippen LogP) is 3.40. The lowest BCUT2D eigenvalue weighted by Crippen LogP contribution is -2.60. The van der Waals surface area contributed by atoms with Crippen LogP contribution >= 0.6 is 11.6 Å². The predicted molar refractivity (Wildman–Crippen MR) is 87.5 cm³/mol. The number of nitrogens with two attached hydrogens (primary N) is 1. The third-order valence-electron chi connectivity index (χ3n) is 5.44. The Labute approximate surface area is 132 Å². The lowest BCUT2D eigenvalue weighted by molar-refractivity contribution is 0.0482. The third-order valence-corrected chi connectivity index (χ3v) is 5.78. The van der Waals surface area contributed by atoms with E-state index in [1.807, 2.05) is 12.3 Å². The highest BCUT2D eigenvalue weighted by Crippen LogP contribution is 2.40. The maximum Gasteiger partial charge on any atom is 0.0621 e. The molecule has 21 heavy (non-hydrogen) atoms. The summed E-state index contributed by atoms with van der Waals surface area (Å²) in [6, 6.07) is 2.18. The number of pyridine rings is 1. The number of hydrogen-bond acceptors (Lipinski definition) is 3. The number of rotatable bonds is 4. The summed E-state index contributed by atoms with van der Waals surface area (Å²) in [6.45, 7) is 2.44. The van der Waals surface area contributed by atoms with Gasteiger partial charge >= 0.3 is 0 Å². The van der Waals surface area contributed by atoms with E-state index in [0.717, 1.165) is 17.0 Å². The molecule has 4 heteroatoms. The average Bonchev–Trinajstić information content (AvgIpc) is 3.01. The second-order valence-electron chi connectivity index (χ2n) is 6.64. The van der Waals surface area contributed by atoms with Crippen LogP contribution in [0.2, 0.25) is 5.02 Å². The SMILES string of the molecule is NC(Cc1ccncc1Cl)C1(N2CCCCC2)CCCC1. The smallest absolute Gasteiger partial charge is 0.0621 e. The lowest BCUT2D eigenvalue weighted by Gasteiger charge is -2.47. The van der Waals surface area contributed by atoms with E-state index in [-0.39, 0.29) is 11.6 Å². The molecule has 2 aliphatic rings. The molecule has 0 radical (unpaired) electrons. The molecule has 116 valence electrons. The molecule has 2 heterocycles. The van der Waals surface area contributed by atoms with Crippen molar-refractivity contribution < 1.29 is 0 Å². The van der Waals surface area contributed by atoms with Gasteiger partial charge in [-0.2, -0.15) is 0 Å². The molecule has 1 aromatic heterocycles. The standard InChI is InChI=1S/C17H26ClN3/c18-15-13-20-9-6-14(15)12-16(19)17(7-2-3-8-17)21-10-4-1-5-11-21/h6,9,13,16H,1-5,7-8,10-12,19H2. The Hall–Kier alpha value is -0.640. The highest BCUT2D eigenvalue weighted by molar-refractivity contribution is 6.31. The molecule has 0 spiro atoms. The van der Waals surface area contributed by atoms with Gasteiger partial charge in [-0.25, -0.2) is 0 Å². The van der Waals surface area contributed by atoms with Gasteiger partial charge in [0.25, 0.3) is 0 Å². The highest BCUT2D eigenvalue weighted by Gasteiger charge is 2.44. The fourth-order valence-corrected chi connectivity index (χ4v) is 4.44. The van der Waals surface area contributed by atoms with Crippen molar-refractivity contribution in [2.75, 3.05) is 13.1 Å². The van der Waals surface area contributed by atoms with Crippen LogP contribution in [0.3, 0.4) is 0 Å². The van der Waals surface area contributed by atoms with Crippen LogP contribution in [0.5, 0.6) is 0 Å². The summed E-state index contributed by atoms with van der Waals surface area (Å²) in [5, 5.41) is 0.750. The summed E-state index contributed by atoms with van der Waals surface area (Å²) >= 11 is 6.27. The summed E-state index contributed by atoms with van der Waals surface area (Å²) in [7, 11) is 0. The summed E-state index contributed by atoms with van der Waals surface area (Å²) in [5.74, 6) is 0. The highest BCUT2D eigenvalue weighted by atomic mass is 35.5. The van der Waals surface area contributed by atoms with Crippen LogP contribution in [0.25, 0.3) is 0 Å². The van der Waals surface area contributed by atoms with E-state index in [4.69, 9.17) is 17.3 Å². The second-order valence-corrected chi connectivity index (χ2v) is 7.04. The minimum absolute atomic E-state index is 0.165. The Kier molecular flexibility index (Phi) is 4.82. The van der Waals surface area contributed by atoms with Crippen LogP contribution in [0.15, 0.2) is 18.5 Å². The Balaban J connectivity index is 1.78. The van der Waals surface area contributed by atoms with E-state index < -0.39 is 0 Å². The fourth-order valence-electron chi connectivity index (χ4n) is 4.24. The largest absolute Gasteiger partial charge is 0.326 e. The van der Waals surface area contributed by atoms with Crippen LogP contribution in [0.1, 0.15) is 50.5 Å². The summed E-state index contributed by atoms with van der Waals surface area (Å²) in [4.78, 5) is 6.77. The minimum Gasteiger partial charge on any atom is -0.326 e. The number of likely N-dealkylation sites (tertiary alicyclic amines) is 1. The molecule has 1 saturated carbocycles. The molecule has 1 aliphatic carbocycles. The van der Waals surface area contributed by atoms with Crippen molar-refractivity contribution in [3.8, 4) is 0 Å². The molecule has 1 unspecified atom stereocenters. The molecule has 1 aliphatic heterocycles. The average molecular weight is 308 g/mol. The number of aromatic nitrogens is 1. The molecule has 2 N–H and O–H groups in total. The van der Waals surface area contributed by atoms with Crippen molar-refractivity contribution in [3.05, 3.63) is 29.0 Å². The topological polar surface area (TPSA) is 42.1 Å². The van der Waals surface area contributed by atoms with Crippen LogP contribution in [-0.4, -0.2) is 34.6 Å². The molecule has 2 fully saturated rings. The molecular formula is C17H26ClN3. The number of hydrogen-bond donors (Lipinski definition) is 1. The first kappa shape index (κ1) is 15.3. The molecule has 3 rings (SSSR count).